The van der Waals surface area contributed by atoms with Crippen LogP contribution in [0, 0.1) is 13.8 Å². The quantitative estimate of drug-likeness (QED) is 0.380. The molecule has 6 heteroatoms. The summed E-state index contributed by atoms with van der Waals surface area (Å²) in [5.41, 5.74) is 3.84. The molecule has 4 rings (SSSR count). The van der Waals surface area contributed by atoms with Crippen LogP contribution in [0.3, 0.4) is 0 Å². The van der Waals surface area contributed by atoms with Crippen molar-refractivity contribution in [2.24, 2.45) is 0 Å². The van der Waals surface area contributed by atoms with Crippen LogP contribution in [0.1, 0.15) is 34.4 Å². The van der Waals surface area contributed by atoms with E-state index >= 15 is 0 Å². The molecule has 1 atom stereocenters. The summed E-state index contributed by atoms with van der Waals surface area (Å²) in [4.78, 5) is 16.5. The number of ketones is 1. The largest absolute Gasteiger partial charge is 0.358 e. The number of carbonyl (C=O) groups is 1. The molecule has 0 saturated carbocycles. The highest BCUT2D eigenvalue weighted by atomic mass is 32.2. The fourth-order valence-corrected chi connectivity index (χ4v) is 4.36. The summed E-state index contributed by atoms with van der Waals surface area (Å²) in [6, 6.07) is 18.1. The highest BCUT2D eigenvalue weighted by Gasteiger charge is 2.24. The number of aryl methyl sites for hydroxylation is 2. The Morgan fingerprint density at radius 2 is 1.79 bits per heavy atom. The number of H-pyrrole nitrogens is 1. The Hall–Kier alpha value is -2.86. The third-order valence-electron chi connectivity index (χ3n) is 4.88. The van der Waals surface area contributed by atoms with Crippen LogP contribution in [0.2, 0.25) is 0 Å². The monoisotopic (exact) mass is 390 g/mol. The number of para-hydroxylation sites is 1. The van der Waals surface area contributed by atoms with E-state index in [1.807, 2.05) is 63.2 Å². The fourth-order valence-electron chi connectivity index (χ4n) is 3.41. The number of thioether (sulfide) groups is 1. The Morgan fingerprint density at radius 1 is 1.07 bits per heavy atom. The summed E-state index contributed by atoms with van der Waals surface area (Å²) >= 11 is 1.46. The molecule has 0 aliphatic carbocycles. The van der Waals surface area contributed by atoms with Gasteiger partial charge in [-0.2, -0.15) is 0 Å². The molecule has 142 valence electrons. The maximum atomic E-state index is 13.2. The van der Waals surface area contributed by atoms with Gasteiger partial charge in [0.2, 0.25) is 0 Å². The van der Waals surface area contributed by atoms with E-state index in [0.29, 0.717) is 6.54 Å². The van der Waals surface area contributed by atoms with Crippen LogP contribution in [0.4, 0.5) is 0 Å². The molecule has 5 nitrogen and oxygen atoms in total. The number of aromatic amines is 1. The molecule has 28 heavy (non-hydrogen) atoms. The maximum Gasteiger partial charge on any atom is 0.192 e. The average Bonchev–Trinajstić information content (AvgIpc) is 3.21. The highest BCUT2D eigenvalue weighted by Crippen LogP contribution is 2.29. The molecule has 0 aliphatic heterocycles. The number of benzene rings is 2. The van der Waals surface area contributed by atoms with Crippen molar-refractivity contribution >= 4 is 28.4 Å². The van der Waals surface area contributed by atoms with Crippen molar-refractivity contribution in [2.75, 3.05) is 0 Å². The van der Waals surface area contributed by atoms with Gasteiger partial charge >= 0.3 is 0 Å². The third kappa shape index (κ3) is 3.47. The molecule has 1 N–H and O–H groups in total. The summed E-state index contributed by atoms with van der Waals surface area (Å²) in [6.45, 7) is 6.52. The zero-order valence-corrected chi connectivity index (χ0v) is 17.0. The van der Waals surface area contributed by atoms with Gasteiger partial charge in [-0.15, -0.1) is 10.2 Å². The van der Waals surface area contributed by atoms with Crippen molar-refractivity contribution in [1.82, 2.24) is 19.7 Å². The smallest absolute Gasteiger partial charge is 0.192 e. The minimum absolute atomic E-state index is 0.104. The lowest BCUT2D eigenvalue weighted by Gasteiger charge is -2.12. The predicted octanol–water partition coefficient (Wildman–Crippen LogP) is 4.79. The molecule has 0 spiro atoms. The number of hydrogen-bond donors (Lipinski definition) is 1. The number of nitrogens with one attached hydrogen (secondary N) is 1. The fraction of sp³-hybridized carbons (Fsp3) is 0.227. The van der Waals surface area contributed by atoms with Gasteiger partial charge in [-0.3, -0.25) is 4.79 Å². The second-order valence-corrected chi connectivity index (χ2v) is 8.20. The highest BCUT2D eigenvalue weighted by molar-refractivity contribution is 8.00. The zero-order valence-electron chi connectivity index (χ0n) is 16.1. The SMILES string of the molecule is Cc1[nH]c2ccccc2c1C(=O)[C@@H](C)Sc1nnc(C)n1Cc1ccccc1. The molecule has 0 bridgehead atoms. The van der Waals surface area contributed by atoms with Crippen LogP contribution in [0.15, 0.2) is 59.8 Å². The van der Waals surface area contributed by atoms with E-state index in [0.717, 1.165) is 33.1 Å². The molecule has 2 aromatic heterocycles. The van der Waals surface area contributed by atoms with E-state index < -0.39 is 0 Å². The predicted molar refractivity (Wildman–Crippen MR) is 113 cm³/mol. The minimum atomic E-state index is -0.268. The number of carbonyl (C=O) groups excluding carboxylic acids is 1. The van der Waals surface area contributed by atoms with Gasteiger partial charge in [0.15, 0.2) is 10.9 Å². The molecule has 0 radical (unpaired) electrons. The maximum absolute atomic E-state index is 13.2. The second kappa shape index (κ2) is 7.64. The molecule has 0 fully saturated rings. The number of Topliss-reactive ketones (excluding diaryl/α,β-unsaturated/α-hetero) is 1. The molecular formula is C22H22N4OS. The third-order valence-corrected chi connectivity index (χ3v) is 5.96. The van der Waals surface area contributed by atoms with Crippen LogP contribution >= 0.6 is 11.8 Å². The van der Waals surface area contributed by atoms with E-state index in [9.17, 15) is 4.79 Å². The first-order chi connectivity index (χ1) is 13.5. The first kappa shape index (κ1) is 18.5. The topological polar surface area (TPSA) is 63.6 Å². The number of hydrogen-bond acceptors (Lipinski definition) is 4. The standard InChI is InChI=1S/C22H22N4OS/c1-14-20(18-11-7-8-12-19(18)23-14)21(27)15(2)28-22-25-24-16(3)26(22)13-17-9-5-4-6-10-17/h4-12,15,23H,13H2,1-3H3/t15-/m1/s1. The van der Waals surface area contributed by atoms with Crippen LogP contribution in [-0.4, -0.2) is 30.8 Å². The molecular weight excluding hydrogens is 368 g/mol. The van der Waals surface area contributed by atoms with Gasteiger partial charge in [0, 0.05) is 22.2 Å². The van der Waals surface area contributed by atoms with Crippen molar-refractivity contribution in [3.8, 4) is 0 Å². The van der Waals surface area contributed by atoms with Gasteiger partial charge < -0.3 is 9.55 Å². The van der Waals surface area contributed by atoms with Gasteiger partial charge in [0.25, 0.3) is 0 Å². The van der Waals surface area contributed by atoms with Gasteiger partial charge in [0.1, 0.15) is 5.82 Å². The minimum Gasteiger partial charge on any atom is -0.358 e. The first-order valence-corrected chi connectivity index (χ1v) is 10.1. The molecule has 0 amide bonds. The van der Waals surface area contributed by atoms with Gasteiger partial charge in [-0.25, -0.2) is 0 Å². The molecule has 0 unspecified atom stereocenters. The van der Waals surface area contributed by atoms with E-state index in [-0.39, 0.29) is 11.0 Å². The first-order valence-electron chi connectivity index (χ1n) is 9.26. The normalized spacial score (nSPS) is 12.4. The van der Waals surface area contributed by atoms with Gasteiger partial charge in [-0.1, -0.05) is 60.3 Å². The molecule has 2 aromatic carbocycles. The summed E-state index contributed by atoms with van der Waals surface area (Å²) in [5.74, 6) is 0.946. The summed E-state index contributed by atoms with van der Waals surface area (Å²) in [6.07, 6.45) is 0. The number of rotatable bonds is 6. The van der Waals surface area contributed by atoms with Crippen molar-refractivity contribution in [3.05, 3.63) is 77.2 Å². The Kier molecular flexibility index (Phi) is 5.05. The lowest BCUT2D eigenvalue weighted by atomic mass is 10.1. The zero-order chi connectivity index (χ0) is 19.7. The van der Waals surface area contributed by atoms with E-state index in [4.69, 9.17) is 0 Å². The molecule has 4 aromatic rings. The van der Waals surface area contributed by atoms with Crippen molar-refractivity contribution < 1.29 is 4.79 Å². The van der Waals surface area contributed by atoms with E-state index in [1.165, 1.54) is 17.3 Å². The van der Waals surface area contributed by atoms with Crippen LogP contribution in [0.25, 0.3) is 10.9 Å². The molecule has 0 saturated heterocycles. The second-order valence-electron chi connectivity index (χ2n) is 6.90. The number of fused-ring (bicyclic) bond motifs is 1. The summed E-state index contributed by atoms with van der Waals surface area (Å²) in [7, 11) is 0. The Balaban J connectivity index is 1.59. The Morgan fingerprint density at radius 3 is 2.57 bits per heavy atom. The molecule has 0 aliphatic rings. The average molecular weight is 391 g/mol. The van der Waals surface area contributed by atoms with Crippen LogP contribution in [0.5, 0.6) is 0 Å². The van der Waals surface area contributed by atoms with Crippen LogP contribution < -0.4 is 0 Å². The van der Waals surface area contributed by atoms with E-state index in [1.54, 1.807) is 0 Å². The van der Waals surface area contributed by atoms with E-state index in [2.05, 4.69) is 31.9 Å². The van der Waals surface area contributed by atoms with Crippen molar-refractivity contribution in [1.29, 1.82) is 0 Å². The molecule has 2 heterocycles. The van der Waals surface area contributed by atoms with Crippen molar-refractivity contribution in [3.63, 3.8) is 0 Å². The summed E-state index contributed by atoms with van der Waals surface area (Å²) in [5, 5.41) is 10.0. The van der Waals surface area contributed by atoms with Gasteiger partial charge in [0.05, 0.1) is 11.8 Å². The summed E-state index contributed by atoms with van der Waals surface area (Å²) < 4.78 is 2.06. The van der Waals surface area contributed by atoms with Crippen molar-refractivity contribution in [2.45, 2.75) is 37.7 Å². The van der Waals surface area contributed by atoms with Gasteiger partial charge in [-0.05, 0) is 32.4 Å². The van der Waals surface area contributed by atoms with Crippen LogP contribution in [-0.2, 0) is 6.54 Å². The lowest BCUT2D eigenvalue weighted by Crippen LogP contribution is -2.16. The Bertz CT molecular complexity index is 1130. The number of aromatic nitrogens is 4. The number of nitrogens with zero attached hydrogens (tertiary/aromatic N) is 3. The Labute approximate surface area is 168 Å². The lowest BCUT2D eigenvalue weighted by molar-refractivity contribution is 0.0995.